The third-order valence-electron chi connectivity index (χ3n) is 2.51. The van der Waals surface area contributed by atoms with Gasteiger partial charge in [-0.25, -0.2) is 0 Å². The van der Waals surface area contributed by atoms with Gasteiger partial charge >= 0.3 is 0 Å². The maximum absolute atomic E-state index is 5.66. The molecule has 1 aromatic rings. The van der Waals surface area contributed by atoms with E-state index >= 15 is 0 Å². The van der Waals surface area contributed by atoms with Crippen molar-refractivity contribution in [2.24, 2.45) is 0 Å². The van der Waals surface area contributed by atoms with Gasteiger partial charge in [0.1, 0.15) is 11.5 Å². The van der Waals surface area contributed by atoms with Crippen LogP contribution in [0, 0.1) is 0 Å². The molecule has 0 saturated heterocycles. The second-order valence-electron chi connectivity index (χ2n) is 4.00. The third-order valence-corrected chi connectivity index (χ3v) is 2.51. The Morgan fingerprint density at radius 1 is 1.06 bits per heavy atom. The molecule has 1 aromatic carbocycles. The van der Waals surface area contributed by atoms with Crippen molar-refractivity contribution in [3.05, 3.63) is 24.3 Å². The minimum absolute atomic E-state index is 0.502. The third kappa shape index (κ3) is 5.59. The van der Waals surface area contributed by atoms with Gasteiger partial charge in [0.2, 0.25) is 0 Å². The second kappa shape index (κ2) is 7.96. The SMILES string of the molecule is CCNC(C)CCOc1ccc(OCC)cc1. The van der Waals surface area contributed by atoms with E-state index < -0.39 is 0 Å². The number of nitrogens with one attached hydrogen (secondary N) is 1. The summed E-state index contributed by atoms with van der Waals surface area (Å²) in [7, 11) is 0. The molecule has 0 heterocycles. The van der Waals surface area contributed by atoms with E-state index in [1.165, 1.54) is 0 Å². The van der Waals surface area contributed by atoms with Gasteiger partial charge in [-0.05, 0) is 51.1 Å². The fourth-order valence-electron chi connectivity index (χ4n) is 1.60. The first-order valence-electron chi connectivity index (χ1n) is 6.35. The van der Waals surface area contributed by atoms with Crippen LogP contribution in [0.2, 0.25) is 0 Å². The molecule has 0 radical (unpaired) electrons. The smallest absolute Gasteiger partial charge is 0.119 e. The molecule has 17 heavy (non-hydrogen) atoms. The Labute approximate surface area is 104 Å². The molecule has 0 fully saturated rings. The van der Waals surface area contributed by atoms with Gasteiger partial charge in [0.25, 0.3) is 0 Å². The van der Waals surface area contributed by atoms with Gasteiger partial charge in [0.15, 0.2) is 0 Å². The van der Waals surface area contributed by atoms with Crippen molar-refractivity contribution in [1.82, 2.24) is 5.32 Å². The van der Waals surface area contributed by atoms with Gasteiger partial charge < -0.3 is 14.8 Å². The first-order valence-corrected chi connectivity index (χ1v) is 6.35. The zero-order valence-corrected chi connectivity index (χ0v) is 11.0. The predicted octanol–water partition coefficient (Wildman–Crippen LogP) is 2.85. The van der Waals surface area contributed by atoms with E-state index in [0.717, 1.165) is 31.1 Å². The summed E-state index contributed by atoms with van der Waals surface area (Å²) < 4.78 is 11.0. The first-order chi connectivity index (χ1) is 8.26. The highest BCUT2D eigenvalue weighted by molar-refractivity contribution is 5.31. The maximum Gasteiger partial charge on any atom is 0.119 e. The Bertz CT molecular complexity index is 298. The average Bonchev–Trinajstić information content (AvgIpc) is 2.32. The fourth-order valence-corrected chi connectivity index (χ4v) is 1.60. The largest absolute Gasteiger partial charge is 0.494 e. The molecule has 0 bridgehead atoms. The van der Waals surface area contributed by atoms with Crippen LogP contribution in [0.1, 0.15) is 27.2 Å². The Morgan fingerprint density at radius 2 is 1.65 bits per heavy atom. The molecule has 0 amide bonds. The number of rotatable bonds is 8. The topological polar surface area (TPSA) is 30.5 Å². The molecule has 0 aromatic heterocycles. The fraction of sp³-hybridized carbons (Fsp3) is 0.571. The van der Waals surface area contributed by atoms with Gasteiger partial charge in [-0.2, -0.15) is 0 Å². The Balaban J connectivity index is 2.27. The van der Waals surface area contributed by atoms with Crippen molar-refractivity contribution in [1.29, 1.82) is 0 Å². The summed E-state index contributed by atoms with van der Waals surface area (Å²) in [5, 5.41) is 3.36. The van der Waals surface area contributed by atoms with E-state index in [1.807, 2.05) is 31.2 Å². The second-order valence-corrected chi connectivity index (χ2v) is 4.00. The molecule has 1 N–H and O–H groups in total. The van der Waals surface area contributed by atoms with Gasteiger partial charge in [0, 0.05) is 6.04 Å². The molecular formula is C14H23NO2. The molecule has 0 spiro atoms. The monoisotopic (exact) mass is 237 g/mol. The van der Waals surface area contributed by atoms with Gasteiger partial charge in [-0.15, -0.1) is 0 Å². The van der Waals surface area contributed by atoms with Crippen LogP contribution >= 0.6 is 0 Å². The quantitative estimate of drug-likeness (QED) is 0.754. The highest BCUT2D eigenvalue weighted by Gasteiger charge is 2.00. The van der Waals surface area contributed by atoms with Crippen LogP contribution < -0.4 is 14.8 Å². The zero-order chi connectivity index (χ0) is 12.5. The summed E-state index contributed by atoms with van der Waals surface area (Å²) >= 11 is 0. The van der Waals surface area contributed by atoms with Crippen molar-refractivity contribution in [3.8, 4) is 11.5 Å². The highest BCUT2D eigenvalue weighted by Crippen LogP contribution is 2.17. The molecule has 1 atom stereocenters. The van der Waals surface area contributed by atoms with Crippen molar-refractivity contribution < 1.29 is 9.47 Å². The number of ether oxygens (including phenoxy) is 2. The summed E-state index contributed by atoms with van der Waals surface area (Å²) in [5.74, 6) is 1.79. The molecule has 0 saturated carbocycles. The number of hydrogen-bond acceptors (Lipinski definition) is 3. The van der Waals surface area contributed by atoms with Gasteiger partial charge in [-0.1, -0.05) is 6.92 Å². The summed E-state index contributed by atoms with van der Waals surface area (Å²) in [6, 6.07) is 8.27. The summed E-state index contributed by atoms with van der Waals surface area (Å²) in [6.45, 7) is 8.70. The lowest BCUT2D eigenvalue weighted by Crippen LogP contribution is -2.27. The van der Waals surface area contributed by atoms with Crippen molar-refractivity contribution >= 4 is 0 Å². The lowest BCUT2D eigenvalue weighted by atomic mass is 10.2. The van der Waals surface area contributed by atoms with Crippen LogP contribution in [0.25, 0.3) is 0 Å². The summed E-state index contributed by atoms with van der Waals surface area (Å²) in [6.07, 6.45) is 1.01. The number of benzene rings is 1. The average molecular weight is 237 g/mol. The number of hydrogen-bond donors (Lipinski definition) is 1. The van der Waals surface area contributed by atoms with E-state index in [2.05, 4.69) is 19.2 Å². The summed E-state index contributed by atoms with van der Waals surface area (Å²) in [4.78, 5) is 0. The van der Waals surface area contributed by atoms with Crippen molar-refractivity contribution in [2.45, 2.75) is 33.2 Å². The first kappa shape index (κ1) is 13.8. The van der Waals surface area contributed by atoms with E-state index in [9.17, 15) is 0 Å². The Kier molecular flexibility index (Phi) is 6.48. The van der Waals surface area contributed by atoms with E-state index in [1.54, 1.807) is 0 Å². The molecule has 0 aliphatic carbocycles. The standard InChI is InChI=1S/C14H23NO2/c1-4-15-12(3)10-11-17-14-8-6-13(7-9-14)16-5-2/h6-9,12,15H,4-5,10-11H2,1-3H3. The lowest BCUT2D eigenvalue weighted by Gasteiger charge is -2.13. The molecule has 1 rings (SSSR count). The lowest BCUT2D eigenvalue weighted by molar-refractivity contribution is 0.290. The van der Waals surface area contributed by atoms with Crippen LogP contribution in [0.4, 0.5) is 0 Å². The van der Waals surface area contributed by atoms with Gasteiger partial charge in [-0.3, -0.25) is 0 Å². The van der Waals surface area contributed by atoms with Crippen molar-refractivity contribution in [3.63, 3.8) is 0 Å². The van der Waals surface area contributed by atoms with Crippen LogP contribution in [-0.4, -0.2) is 25.8 Å². The normalized spacial score (nSPS) is 12.2. The van der Waals surface area contributed by atoms with Crippen LogP contribution in [0.15, 0.2) is 24.3 Å². The molecule has 3 heteroatoms. The molecule has 1 unspecified atom stereocenters. The van der Waals surface area contributed by atoms with Crippen LogP contribution in [0.3, 0.4) is 0 Å². The predicted molar refractivity (Wildman–Crippen MR) is 70.9 cm³/mol. The minimum Gasteiger partial charge on any atom is -0.494 e. The van der Waals surface area contributed by atoms with Crippen LogP contribution in [-0.2, 0) is 0 Å². The molecule has 3 nitrogen and oxygen atoms in total. The van der Waals surface area contributed by atoms with Crippen LogP contribution in [0.5, 0.6) is 11.5 Å². The molecule has 0 aliphatic heterocycles. The van der Waals surface area contributed by atoms with Gasteiger partial charge in [0.05, 0.1) is 13.2 Å². The maximum atomic E-state index is 5.66. The molecule has 96 valence electrons. The zero-order valence-electron chi connectivity index (χ0n) is 11.0. The Morgan fingerprint density at radius 3 is 2.18 bits per heavy atom. The minimum atomic E-state index is 0.502. The van der Waals surface area contributed by atoms with E-state index in [4.69, 9.17) is 9.47 Å². The highest BCUT2D eigenvalue weighted by atomic mass is 16.5. The molecule has 0 aliphatic rings. The summed E-state index contributed by atoms with van der Waals surface area (Å²) in [5.41, 5.74) is 0. The van der Waals surface area contributed by atoms with E-state index in [0.29, 0.717) is 12.6 Å². The van der Waals surface area contributed by atoms with E-state index in [-0.39, 0.29) is 0 Å². The molecular weight excluding hydrogens is 214 g/mol. The van der Waals surface area contributed by atoms with Crippen molar-refractivity contribution in [2.75, 3.05) is 19.8 Å². The Hall–Kier alpha value is -1.22.